The molecule has 0 N–H and O–H groups in total. The fraction of sp³-hybridized carbons (Fsp3) is 0.700. The molecule has 1 rings (SSSR count). The molecule has 6 heteroatoms. The van der Waals surface area contributed by atoms with E-state index in [-0.39, 0.29) is 0 Å². The predicted octanol–water partition coefficient (Wildman–Crippen LogP) is 5.65. The number of carbonyl (C=O) groups excluding carboxylic acids is 1. The Bertz CT molecular complexity index is 471. The molecule has 0 aliphatic rings. The molecule has 26 heavy (non-hydrogen) atoms. The van der Waals surface area contributed by atoms with Gasteiger partial charge in [-0.15, -0.1) is 0 Å². The summed E-state index contributed by atoms with van der Waals surface area (Å²) in [6, 6.07) is 6.57. The number of rotatable bonds is 6. The van der Waals surface area contributed by atoms with E-state index in [4.69, 9.17) is 9.78 Å². The Labute approximate surface area is 177 Å². The van der Waals surface area contributed by atoms with Crippen LogP contribution in [0.3, 0.4) is 0 Å². The first-order chi connectivity index (χ1) is 12.1. The van der Waals surface area contributed by atoms with E-state index < -0.39 is 7.92 Å². The first-order valence-corrected chi connectivity index (χ1v) is 12.9. The molecule has 0 aliphatic heterocycles. The molecule has 1 aromatic heterocycles. The van der Waals surface area contributed by atoms with Crippen LogP contribution in [0, 0.1) is 0 Å². The molecule has 3 nitrogen and oxygen atoms in total. The van der Waals surface area contributed by atoms with Crippen LogP contribution in [0.4, 0.5) is 0 Å². The van der Waals surface area contributed by atoms with Crippen LogP contribution in [-0.4, -0.2) is 40.1 Å². The molecule has 0 spiro atoms. The van der Waals surface area contributed by atoms with Gasteiger partial charge in [0.05, 0.1) is 27.9 Å². The minimum atomic E-state index is -0.559. The van der Waals surface area contributed by atoms with E-state index in [9.17, 15) is 0 Å². The summed E-state index contributed by atoms with van der Waals surface area (Å²) in [6.45, 7) is 25.2. The van der Waals surface area contributed by atoms with Gasteiger partial charge < -0.3 is 4.79 Å². The standard InChI is InChI=1S/C19H35N2P.CHO.ClH.Ru/c1-9-21(10-2)14-16-12-11-13-17(20-16)15-22(18(3,4)5)19(6,7)8;1-2;;/h11-13H,9-10,14-15H2,1-8H3;1H;1H;/q;-1;;+3. The summed E-state index contributed by atoms with van der Waals surface area (Å²) in [5.41, 5.74) is 2.49. The molecule has 151 valence electrons. The second kappa shape index (κ2) is 14.2. The Kier molecular flexibility index (Phi) is 15.4. The fourth-order valence-electron chi connectivity index (χ4n) is 3.23. The molecular weight excluding hydrogens is 452 g/mol. The van der Waals surface area contributed by atoms with Crippen molar-refractivity contribution in [2.75, 3.05) is 13.1 Å². The van der Waals surface area contributed by atoms with Crippen LogP contribution in [-0.2, 0) is 34.8 Å². The number of hydrogen-bond donors (Lipinski definition) is 0. The zero-order valence-corrected chi connectivity index (χ0v) is 21.2. The van der Waals surface area contributed by atoms with Gasteiger partial charge in [0.15, 0.2) is 0 Å². The summed E-state index contributed by atoms with van der Waals surface area (Å²) in [5, 5.41) is 0.777. The van der Waals surface area contributed by atoms with Crippen LogP contribution >= 0.6 is 17.6 Å². The van der Waals surface area contributed by atoms with Gasteiger partial charge >= 0.3 is 27.0 Å². The summed E-state index contributed by atoms with van der Waals surface area (Å²) in [7, 11) is 4.01. The maximum absolute atomic E-state index is 7.75. The second-order valence-electron chi connectivity index (χ2n) is 8.24. The van der Waals surface area contributed by atoms with Crippen LogP contribution in [0.15, 0.2) is 18.2 Å². The summed E-state index contributed by atoms with van der Waals surface area (Å²) < 4.78 is 0. The normalized spacial score (nSPS) is 11.5. The van der Waals surface area contributed by atoms with Crippen LogP contribution in [0.5, 0.6) is 0 Å². The Hall–Kier alpha value is 0.123. The van der Waals surface area contributed by atoms with Crippen molar-refractivity contribution in [1.29, 1.82) is 0 Å². The van der Waals surface area contributed by atoms with E-state index >= 15 is 0 Å². The van der Waals surface area contributed by atoms with Crippen molar-refractivity contribution >= 4 is 24.4 Å². The number of aromatic nitrogens is 1. The van der Waals surface area contributed by atoms with Crippen molar-refractivity contribution in [3.63, 3.8) is 0 Å². The zero-order valence-electron chi connectivity index (χ0n) is 17.7. The minimum absolute atomic E-state index is 0.388. The van der Waals surface area contributed by atoms with Crippen LogP contribution in [0.1, 0.15) is 66.8 Å². The van der Waals surface area contributed by atoms with Crippen molar-refractivity contribution in [2.45, 2.75) is 78.4 Å². The number of pyridine rings is 1. The molecule has 0 bridgehead atoms. The average molecular weight is 489 g/mol. The summed E-state index contributed by atoms with van der Waals surface area (Å²) >= 11 is 1.82. The average Bonchev–Trinajstić information content (AvgIpc) is 2.59. The molecule has 0 radical (unpaired) electrons. The van der Waals surface area contributed by atoms with E-state index in [1.807, 2.05) is 17.3 Å². The number of nitrogens with zero attached hydrogens (tertiary/aromatic N) is 2. The van der Waals surface area contributed by atoms with E-state index in [1.165, 1.54) is 11.4 Å². The first-order valence-electron chi connectivity index (χ1n) is 8.98. The molecule has 0 aliphatic carbocycles. The van der Waals surface area contributed by atoms with Crippen molar-refractivity contribution in [1.82, 2.24) is 9.88 Å². The maximum atomic E-state index is 7.75. The van der Waals surface area contributed by atoms with Gasteiger partial charge in [-0.2, -0.15) is 0 Å². The van der Waals surface area contributed by atoms with Gasteiger partial charge in [0.2, 0.25) is 0 Å². The molecule has 0 saturated heterocycles. The molecule has 0 unspecified atom stereocenters. The van der Waals surface area contributed by atoms with Crippen LogP contribution in [0.2, 0.25) is 0 Å². The van der Waals surface area contributed by atoms with E-state index in [0.717, 1.165) is 25.8 Å². The Morgan fingerprint density at radius 2 is 1.42 bits per heavy atom. The molecule has 0 amide bonds. The Morgan fingerprint density at radius 3 is 1.81 bits per heavy atom. The van der Waals surface area contributed by atoms with Gasteiger partial charge in [0, 0.05) is 14.5 Å². The van der Waals surface area contributed by atoms with E-state index in [0.29, 0.717) is 10.3 Å². The van der Waals surface area contributed by atoms with Gasteiger partial charge in [0.1, 0.15) is 0 Å². The van der Waals surface area contributed by atoms with Gasteiger partial charge in [-0.3, -0.25) is 16.7 Å². The monoisotopic (exact) mass is 489 g/mol. The Balaban J connectivity index is 0. The molecule has 0 atom stereocenters. The second-order valence-corrected chi connectivity index (χ2v) is 12.5. The molecule has 0 saturated carbocycles. The molecular formula is C20H37ClN2OPRu+2. The molecule has 1 heterocycles. The summed E-state index contributed by atoms with van der Waals surface area (Å²) in [4.78, 5) is 15.1. The molecule has 0 aromatic carbocycles. The van der Waals surface area contributed by atoms with Crippen LogP contribution in [0.25, 0.3) is 0 Å². The predicted molar refractivity (Wildman–Crippen MR) is 115 cm³/mol. The van der Waals surface area contributed by atoms with Crippen molar-refractivity contribution in [3.05, 3.63) is 29.6 Å². The third kappa shape index (κ3) is 11.1. The number of halogens is 1. The SMILES string of the molecule is CCN(CC)Cc1cccc(C[PH+](C(C)(C)C)C(C)(C)C)n1.[CH-]=O.[Cl][Ru+2]. The van der Waals surface area contributed by atoms with Gasteiger partial charge in [-0.1, -0.05) is 19.9 Å². The first kappa shape index (κ1) is 28.3. The molecule has 1 aromatic rings. The van der Waals surface area contributed by atoms with Gasteiger partial charge in [0.25, 0.3) is 0 Å². The van der Waals surface area contributed by atoms with E-state index in [2.05, 4.69) is 95.0 Å². The third-order valence-electron chi connectivity index (χ3n) is 4.31. The van der Waals surface area contributed by atoms with Crippen molar-refractivity contribution < 1.29 is 22.1 Å². The zero-order chi connectivity index (χ0) is 21.0. The van der Waals surface area contributed by atoms with E-state index in [1.54, 1.807) is 0 Å². The molecule has 0 fully saturated rings. The summed E-state index contributed by atoms with van der Waals surface area (Å²) in [5.74, 6) is 0. The topological polar surface area (TPSA) is 33.2 Å². The number of hydrogen-bond acceptors (Lipinski definition) is 3. The fourth-order valence-corrected chi connectivity index (χ4v) is 7.10. The van der Waals surface area contributed by atoms with Gasteiger partial charge in [-0.05, 0) is 66.8 Å². The quantitative estimate of drug-likeness (QED) is 0.224. The van der Waals surface area contributed by atoms with Crippen LogP contribution < -0.4 is 0 Å². The van der Waals surface area contributed by atoms with Crippen molar-refractivity contribution in [3.8, 4) is 0 Å². The van der Waals surface area contributed by atoms with Crippen molar-refractivity contribution in [2.24, 2.45) is 0 Å². The Morgan fingerprint density at radius 1 is 1.00 bits per heavy atom. The third-order valence-corrected chi connectivity index (χ3v) is 8.65. The summed E-state index contributed by atoms with van der Waals surface area (Å²) in [6.07, 6.45) is 1.16. The van der Waals surface area contributed by atoms with Gasteiger partial charge in [-0.25, -0.2) is 0 Å².